The Balaban J connectivity index is 1.41. The maximum atomic E-state index is 10.0. The number of rotatable bonds is 5. The van der Waals surface area contributed by atoms with E-state index in [-0.39, 0.29) is 6.10 Å². The van der Waals surface area contributed by atoms with E-state index in [9.17, 15) is 10.4 Å². The summed E-state index contributed by atoms with van der Waals surface area (Å²) in [7, 11) is 0. The lowest BCUT2D eigenvalue weighted by Gasteiger charge is -2.19. The molecular weight excluding hydrogens is 424 g/mol. The van der Waals surface area contributed by atoms with Gasteiger partial charge in [0.1, 0.15) is 17.5 Å². The monoisotopic (exact) mass is 448 g/mol. The smallest absolute Gasteiger partial charge is 0.136 e. The third kappa shape index (κ3) is 4.04. The molecule has 0 radical (unpaired) electrons. The van der Waals surface area contributed by atoms with Gasteiger partial charge in [0.25, 0.3) is 0 Å². The fourth-order valence-corrected chi connectivity index (χ4v) is 4.61. The van der Waals surface area contributed by atoms with Gasteiger partial charge in [0.15, 0.2) is 0 Å². The fraction of sp³-hybridized carbons (Fsp3) is 0.259. The standard InChI is InChI=1S/C27H24N6O/c28-15-17-5-8-29-25(11-17)32-26-14-21(18-1-2-18)13-24(31-26)20-4-3-19-6-9-30-27(23(19)12-20)33-10-7-22(34)16-33/h3-6,8-9,11-14,18,22,34H,1-2,7,10,16H2,(H,29,31,32). The first-order valence-electron chi connectivity index (χ1n) is 11.6. The molecule has 0 bridgehead atoms. The minimum Gasteiger partial charge on any atom is -0.391 e. The number of nitrogens with zero attached hydrogens (tertiary/aromatic N) is 5. The molecule has 34 heavy (non-hydrogen) atoms. The minimum absolute atomic E-state index is 0.307. The molecule has 2 aliphatic rings. The first-order valence-corrected chi connectivity index (χ1v) is 11.6. The van der Waals surface area contributed by atoms with Crippen LogP contribution in [0.4, 0.5) is 17.5 Å². The number of aliphatic hydroxyl groups excluding tert-OH is 1. The highest BCUT2D eigenvalue weighted by molar-refractivity contribution is 5.95. The van der Waals surface area contributed by atoms with Gasteiger partial charge in [-0.1, -0.05) is 12.1 Å². The minimum atomic E-state index is -0.307. The van der Waals surface area contributed by atoms with Gasteiger partial charge in [-0.05, 0) is 72.5 Å². The first-order chi connectivity index (χ1) is 16.7. The molecule has 1 saturated carbocycles. The summed E-state index contributed by atoms with van der Waals surface area (Å²) in [5.41, 5.74) is 3.73. The summed E-state index contributed by atoms with van der Waals surface area (Å²) in [6.07, 6.45) is 6.29. The second-order valence-corrected chi connectivity index (χ2v) is 9.07. The van der Waals surface area contributed by atoms with Crippen LogP contribution in [0, 0.1) is 11.3 Å². The molecule has 2 N–H and O–H groups in total. The van der Waals surface area contributed by atoms with Crippen LogP contribution in [0.15, 0.2) is 60.9 Å². The summed E-state index contributed by atoms with van der Waals surface area (Å²) in [5, 5.41) is 24.7. The van der Waals surface area contributed by atoms with Gasteiger partial charge < -0.3 is 15.3 Å². The number of hydrogen-bond acceptors (Lipinski definition) is 7. The van der Waals surface area contributed by atoms with Crippen LogP contribution >= 0.6 is 0 Å². The van der Waals surface area contributed by atoms with Gasteiger partial charge in [0.2, 0.25) is 0 Å². The average Bonchev–Trinajstić information content (AvgIpc) is 3.64. The lowest BCUT2D eigenvalue weighted by molar-refractivity contribution is 0.198. The largest absolute Gasteiger partial charge is 0.391 e. The van der Waals surface area contributed by atoms with Gasteiger partial charge in [-0.15, -0.1) is 0 Å². The van der Waals surface area contributed by atoms with Crippen LogP contribution in [0.3, 0.4) is 0 Å². The first kappa shape index (κ1) is 20.6. The maximum absolute atomic E-state index is 10.0. The summed E-state index contributed by atoms with van der Waals surface area (Å²) >= 11 is 0. The molecule has 3 aromatic heterocycles. The lowest BCUT2D eigenvalue weighted by Crippen LogP contribution is -2.22. The summed E-state index contributed by atoms with van der Waals surface area (Å²) in [5.74, 6) is 2.79. The van der Waals surface area contributed by atoms with Crippen LogP contribution < -0.4 is 10.2 Å². The van der Waals surface area contributed by atoms with E-state index in [1.165, 1.54) is 18.4 Å². The van der Waals surface area contributed by atoms with Crippen molar-refractivity contribution in [3.05, 3.63) is 72.1 Å². The molecule has 1 saturated heterocycles. The van der Waals surface area contributed by atoms with Crippen molar-refractivity contribution in [2.45, 2.75) is 31.3 Å². The Morgan fingerprint density at radius 3 is 2.65 bits per heavy atom. The van der Waals surface area contributed by atoms with Crippen molar-refractivity contribution in [3.8, 4) is 17.3 Å². The third-order valence-corrected chi connectivity index (χ3v) is 6.55. The predicted octanol–water partition coefficient (Wildman–Crippen LogP) is 4.76. The Bertz CT molecular complexity index is 1420. The molecule has 1 aliphatic carbocycles. The highest BCUT2D eigenvalue weighted by Gasteiger charge is 2.26. The van der Waals surface area contributed by atoms with Crippen molar-refractivity contribution in [1.29, 1.82) is 5.26 Å². The van der Waals surface area contributed by atoms with E-state index >= 15 is 0 Å². The molecule has 1 aliphatic heterocycles. The molecular formula is C27H24N6O. The molecule has 1 aromatic carbocycles. The van der Waals surface area contributed by atoms with Crippen LogP contribution in [0.1, 0.15) is 36.3 Å². The number of aromatic nitrogens is 3. The number of aliphatic hydroxyl groups is 1. The lowest BCUT2D eigenvalue weighted by atomic mass is 10.0. The molecule has 1 atom stereocenters. The molecule has 168 valence electrons. The number of benzene rings is 1. The molecule has 7 nitrogen and oxygen atoms in total. The molecule has 4 aromatic rings. The zero-order valence-electron chi connectivity index (χ0n) is 18.6. The summed E-state index contributed by atoms with van der Waals surface area (Å²) in [4.78, 5) is 16.1. The Morgan fingerprint density at radius 1 is 0.971 bits per heavy atom. The van der Waals surface area contributed by atoms with Gasteiger partial charge in [-0.2, -0.15) is 5.26 Å². The fourth-order valence-electron chi connectivity index (χ4n) is 4.61. The Hall–Kier alpha value is -4.02. The van der Waals surface area contributed by atoms with Crippen LogP contribution in [0.25, 0.3) is 22.0 Å². The van der Waals surface area contributed by atoms with Crippen molar-refractivity contribution in [2.24, 2.45) is 0 Å². The Morgan fingerprint density at radius 2 is 1.85 bits per heavy atom. The van der Waals surface area contributed by atoms with Crippen LogP contribution in [-0.4, -0.2) is 39.3 Å². The van der Waals surface area contributed by atoms with Crippen molar-refractivity contribution in [2.75, 3.05) is 23.3 Å². The quantitative estimate of drug-likeness (QED) is 0.454. The highest BCUT2D eigenvalue weighted by atomic mass is 16.3. The van der Waals surface area contributed by atoms with Crippen molar-refractivity contribution in [1.82, 2.24) is 15.0 Å². The number of pyridine rings is 3. The number of nitrogens with one attached hydrogen (secondary N) is 1. The molecule has 2 fully saturated rings. The van der Waals surface area contributed by atoms with Crippen molar-refractivity contribution in [3.63, 3.8) is 0 Å². The van der Waals surface area contributed by atoms with E-state index in [0.717, 1.165) is 46.6 Å². The molecule has 7 heteroatoms. The predicted molar refractivity (Wildman–Crippen MR) is 132 cm³/mol. The number of hydrogen-bond donors (Lipinski definition) is 2. The zero-order chi connectivity index (χ0) is 23.1. The average molecular weight is 449 g/mol. The van der Waals surface area contributed by atoms with Crippen molar-refractivity contribution >= 4 is 28.2 Å². The topological polar surface area (TPSA) is 98.0 Å². The summed E-state index contributed by atoms with van der Waals surface area (Å²) in [6, 6.07) is 18.2. The van der Waals surface area contributed by atoms with Gasteiger partial charge >= 0.3 is 0 Å². The summed E-state index contributed by atoms with van der Waals surface area (Å²) < 4.78 is 0. The van der Waals surface area contributed by atoms with Gasteiger partial charge in [0, 0.05) is 36.4 Å². The molecule has 0 spiro atoms. The second kappa shape index (κ2) is 8.40. The van der Waals surface area contributed by atoms with E-state index in [2.05, 4.69) is 56.6 Å². The number of fused-ring (bicyclic) bond motifs is 1. The van der Waals surface area contributed by atoms with E-state index in [0.29, 0.717) is 23.8 Å². The number of β-amino-alcohol motifs (C(OH)–C–C–N with tert-alkyl or cyclic N) is 1. The van der Waals surface area contributed by atoms with Gasteiger partial charge in [-0.3, -0.25) is 0 Å². The second-order valence-electron chi connectivity index (χ2n) is 9.07. The van der Waals surface area contributed by atoms with Gasteiger partial charge in [-0.25, -0.2) is 15.0 Å². The van der Waals surface area contributed by atoms with E-state index in [4.69, 9.17) is 4.98 Å². The van der Waals surface area contributed by atoms with E-state index in [1.807, 2.05) is 12.3 Å². The molecule has 6 rings (SSSR count). The third-order valence-electron chi connectivity index (χ3n) is 6.55. The summed E-state index contributed by atoms with van der Waals surface area (Å²) in [6.45, 7) is 1.41. The van der Waals surface area contributed by atoms with Gasteiger partial charge in [0.05, 0.1) is 23.4 Å². The van der Waals surface area contributed by atoms with Crippen LogP contribution in [0.2, 0.25) is 0 Å². The zero-order valence-corrected chi connectivity index (χ0v) is 18.6. The SMILES string of the molecule is N#Cc1ccnc(Nc2cc(C3CC3)cc(-c3ccc4ccnc(N5CCC(O)C5)c4c3)n2)c1. The van der Waals surface area contributed by atoms with Crippen LogP contribution in [-0.2, 0) is 0 Å². The van der Waals surface area contributed by atoms with E-state index < -0.39 is 0 Å². The molecule has 1 unspecified atom stereocenters. The number of nitriles is 1. The molecule has 0 amide bonds. The van der Waals surface area contributed by atoms with Crippen LogP contribution in [0.5, 0.6) is 0 Å². The Labute approximate surface area is 197 Å². The molecule has 4 heterocycles. The highest BCUT2D eigenvalue weighted by Crippen LogP contribution is 2.42. The number of anilines is 3. The van der Waals surface area contributed by atoms with Crippen molar-refractivity contribution < 1.29 is 5.11 Å². The maximum Gasteiger partial charge on any atom is 0.136 e. The Kier molecular flexibility index (Phi) is 5.08. The van der Waals surface area contributed by atoms with E-state index in [1.54, 1.807) is 18.3 Å². The normalized spacial score (nSPS) is 17.6.